The maximum absolute atomic E-state index is 12.2. The van der Waals surface area contributed by atoms with E-state index in [9.17, 15) is 4.79 Å². The molecule has 4 nitrogen and oxygen atoms in total. The Kier molecular flexibility index (Phi) is 4.62. The zero-order valence-corrected chi connectivity index (χ0v) is 11.8. The zero-order chi connectivity index (χ0) is 13.1. The maximum Gasteiger partial charge on any atom is 0.226 e. The van der Waals surface area contributed by atoms with Gasteiger partial charge in [-0.3, -0.25) is 4.79 Å². The van der Waals surface area contributed by atoms with E-state index >= 15 is 0 Å². The third-order valence-electron chi connectivity index (χ3n) is 4.30. The van der Waals surface area contributed by atoms with Gasteiger partial charge in [-0.15, -0.1) is 0 Å². The van der Waals surface area contributed by atoms with Crippen LogP contribution >= 0.6 is 0 Å². The summed E-state index contributed by atoms with van der Waals surface area (Å²) in [7, 11) is 0. The molecule has 1 aliphatic carbocycles. The minimum Gasteiger partial charge on any atom is -0.341 e. The number of hydrogen-bond donors (Lipinski definition) is 1. The number of carbonyl (C=O) groups is 1. The highest BCUT2D eigenvalue weighted by Gasteiger charge is 2.41. The van der Waals surface area contributed by atoms with E-state index < -0.39 is 0 Å². The lowest BCUT2D eigenvalue weighted by Crippen LogP contribution is -2.38. The van der Waals surface area contributed by atoms with Crippen LogP contribution in [0.15, 0.2) is 0 Å². The third-order valence-corrected chi connectivity index (χ3v) is 4.30. The minimum absolute atomic E-state index is 0.333. The molecule has 2 N–H and O–H groups in total. The molecule has 3 atom stereocenters. The van der Waals surface area contributed by atoms with Crippen molar-refractivity contribution < 1.29 is 4.79 Å². The number of rotatable bonds is 4. The summed E-state index contributed by atoms with van der Waals surface area (Å²) < 4.78 is 0. The van der Waals surface area contributed by atoms with Crippen molar-refractivity contribution in [2.75, 3.05) is 39.3 Å². The van der Waals surface area contributed by atoms with Gasteiger partial charge in [0.2, 0.25) is 5.91 Å². The summed E-state index contributed by atoms with van der Waals surface area (Å²) in [5.74, 6) is 1.90. The van der Waals surface area contributed by atoms with Gasteiger partial charge in [-0.25, -0.2) is 0 Å². The van der Waals surface area contributed by atoms with Crippen molar-refractivity contribution >= 4 is 5.91 Å². The molecular formula is C14H27N3O. The molecular weight excluding hydrogens is 226 g/mol. The third kappa shape index (κ3) is 3.45. The van der Waals surface area contributed by atoms with Gasteiger partial charge >= 0.3 is 0 Å². The van der Waals surface area contributed by atoms with Crippen LogP contribution in [0.1, 0.15) is 26.7 Å². The van der Waals surface area contributed by atoms with Crippen LogP contribution in [0.25, 0.3) is 0 Å². The first-order chi connectivity index (χ1) is 8.61. The summed E-state index contributed by atoms with van der Waals surface area (Å²) >= 11 is 0. The monoisotopic (exact) mass is 253 g/mol. The van der Waals surface area contributed by atoms with Gasteiger partial charge in [0.05, 0.1) is 0 Å². The van der Waals surface area contributed by atoms with E-state index in [1.165, 1.54) is 0 Å². The van der Waals surface area contributed by atoms with Gasteiger partial charge in [-0.2, -0.15) is 0 Å². The Bertz CT molecular complexity index is 295. The molecule has 4 heteroatoms. The molecule has 3 unspecified atom stereocenters. The first-order valence-electron chi connectivity index (χ1n) is 7.33. The maximum atomic E-state index is 12.2. The molecule has 2 rings (SSSR count). The second-order valence-electron chi connectivity index (χ2n) is 6.14. The highest BCUT2D eigenvalue weighted by Crippen LogP contribution is 2.39. The fraction of sp³-hybridized carbons (Fsp3) is 0.929. The van der Waals surface area contributed by atoms with Gasteiger partial charge < -0.3 is 15.5 Å². The zero-order valence-electron chi connectivity index (χ0n) is 11.8. The number of nitrogens with zero attached hydrogens (tertiary/aromatic N) is 2. The molecule has 2 fully saturated rings. The van der Waals surface area contributed by atoms with E-state index in [-0.39, 0.29) is 0 Å². The van der Waals surface area contributed by atoms with Crippen molar-refractivity contribution in [3.05, 3.63) is 0 Å². The molecule has 0 aromatic heterocycles. The van der Waals surface area contributed by atoms with Crippen LogP contribution in [-0.4, -0.2) is 55.0 Å². The molecule has 2 aliphatic rings. The van der Waals surface area contributed by atoms with Crippen molar-refractivity contribution in [3.8, 4) is 0 Å². The Balaban J connectivity index is 1.79. The minimum atomic E-state index is 0.333. The second kappa shape index (κ2) is 6.02. The average molecular weight is 253 g/mol. The van der Waals surface area contributed by atoms with Crippen molar-refractivity contribution in [1.29, 1.82) is 0 Å². The van der Waals surface area contributed by atoms with Gasteiger partial charge in [0, 0.05) is 32.1 Å². The van der Waals surface area contributed by atoms with Gasteiger partial charge in [0.1, 0.15) is 0 Å². The molecule has 1 saturated heterocycles. The van der Waals surface area contributed by atoms with Gasteiger partial charge in [-0.1, -0.05) is 13.8 Å². The Labute approximate surface area is 110 Å². The van der Waals surface area contributed by atoms with Crippen LogP contribution in [0.2, 0.25) is 0 Å². The summed E-state index contributed by atoms with van der Waals surface area (Å²) in [6.45, 7) is 10.1. The molecule has 1 heterocycles. The van der Waals surface area contributed by atoms with Gasteiger partial charge in [0.25, 0.3) is 0 Å². The quantitative estimate of drug-likeness (QED) is 0.805. The Hall–Kier alpha value is -0.610. The Morgan fingerprint density at radius 1 is 1.33 bits per heavy atom. The molecule has 0 radical (unpaired) electrons. The predicted octanol–water partition coefficient (Wildman–Crippen LogP) is 0.772. The second-order valence-corrected chi connectivity index (χ2v) is 6.14. The topological polar surface area (TPSA) is 49.6 Å². The van der Waals surface area contributed by atoms with Gasteiger partial charge in [0.15, 0.2) is 0 Å². The first kappa shape index (κ1) is 13.8. The summed E-state index contributed by atoms with van der Waals surface area (Å²) in [5.41, 5.74) is 5.68. The summed E-state index contributed by atoms with van der Waals surface area (Å²) in [5, 5.41) is 0. The number of hydrogen-bond acceptors (Lipinski definition) is 3. The van der Waals surface area contributed by atoms with E-state index in [0.717, 1.165) is 52.1 Å². The summed E-state index contributed by atoms with van der Waals surface area (Å²) in [6, 6.07) is 0. The van der Waals surface area contributed by atoms with Crippen LogP contribution in [0, 0.1) is 17.8 Å². The van der Waals surface area contributed by atoms with E-state index in [2.05, 4.69) is 23.6 Å². The van der Waals surface area contributed by atoms with Crippen molar-refractivity contribution in [2.24, 2.45) is 23.5 Å². The fourth-order valence-corrected chi connectivity index (χ4v) is 2.79. The van der Waals surface area contributed by atoms with Crippen LogP contribution in [0.3, 0.4) is 0 Å². The Morgan fingerprint density at radius 2 is 2.06 bits per heavy atom. The lowest BCUT2D eigenvalue weighted by Gasteiger charge is -2.24. The van der Waals surface area contributed by atoms with Crippen LogP contribution in [0.5, 0.6) is 0 Å². The van der Waals surface area contributed by atoms with E-state index in [4.69, 9.17) is 5.73 Å². The summed E-state index contributed by atoms with van der Waals surface area (Å²) in [4.78, 5) is 16.7. The fourth-order valence-electron chi connectivity index (χ4n) is 2.79. The molecule has 0 aromatic carbocycles. The van der Waals surface area contributed by atoms with E-state index in [0.29, 0.717) is 23.7 Å². The first-order valence-corrected chi connectivity index (χ1v) is 7.33. The predicted molar refractivity (Wildman–Crippen MR) is 73.1 cm³/mol. The van der Waals surface area contributed by atoms with Crippen LogP contribution < -0.4 is 5.73 Å². The highest BCUT2D eigenvalue weighted by molar-refractivity contribution is 5.81. The highest BCUT2D eigenvalue weighted by atomic mass is 16.2. The number of amides is 1. The van der Waals surface area contributed by atoms with Crippen molar-refractivity contribution in [1.82, 2.24) is 9.80 Å². The van der Waals surface area contributed by atoms with E-state index in [1.54, 1.807) is 0 Å². The molecule has 1 saturated carbocycles. The molecule has 104 valence electrons. The lowest BCUT2D eigenvalue weighted by atomic mass is 10.1. The van der Waals surface area contributed by atoms with Crippen LogP contribution in [-0.2, 0) is 4.79 Å². The lowest BCUT2D eigenvalue weighted by molar-refractivity contribution is -0.132. The molecule has 1 aliphatic heterocycles. The normalized spacial score (nSPS) is 30.9. The molecule has 1 amide bonds. The Morgan fingerprint density at radius 3 is 2.67 bits per heavy atom. The van der Waals surface area contributed by atoms with Crippen molar-refractivity contribution in [3.63, 3.8) is 0 Å². The van der Waals surface area contributed by atoms with Gasteiger partial charge in [-0.05, 0) is 37.8 Å². The number of nitrogens with two attached hydrogens (primary N) is 1. The molecule has 18 heavy (non-hydrogen) atoms. The SMILES string of the molecule is CC(CN)CN1CCCN(C(=O)C2CC2C)CC1. The molecule has 0 spiro atoms. The summed E-state index contributed by atoms with van der Waals surface area (Å²) in [6.07, 6.45) is 2.20. The van der Waals surface area contributed by atoms with Crippen LogP contribution in [0.4, 0.5) is 0 Å². The largest absolute Gasteiger partial charge is 0.341 e. The smallest absolute Gasteiger partial charge is 0.226 e. The van der Waals surface area contributed by atoms with Crippen molar-refractivity contribution in [2.45, 2.75) is 26.7 Å². The van der Waals surface area contributed by atoms with E-state index in [1.807, 2.05) is 0 Å². The number of carbonyl (C=O) groups excluding carboxylic acids is 1. The molecule has 0 aromatic rings. The average Bonchev–Trinajstić information content (AvgIpc) is 3.11. The standard InChI is InChI=1S/C14H27N3O/c1-11(9-15)10-16-4-3-5-17(7-6-16)14(18)13-8-12(13)2/h11-13H,3-10,15H2,1-2H3. The molecule has 0 bridgehead atoms.